The van der Waals surface area contributed by atoms with Crippen LogP contribution in [0.5, 0.6) is 0 Å². The number of benzene rings is 9. The molecule has 2 heteroatoms. The maximum absolute atomic E-state index is 2.43. The number of fused-ring (bicyclic) bond motifs is 6. The van der Waals surface area contributed by atoms with Crippen LogP contribution in [0.2, 0.25) is 0 Å². The van der Waals surface area contributed by atoms with Gasteiger partial charge in [-0.1, -0.05) is 159 Å². The lowest BCUT2D eigenvalue weighted by atomic mass is 9.82. The van der Waals surface area contributed by atoms with Crippen LogP contribution >= 0.6 is 10.0 Å². The summed E-state index contributed by atoms with van der Waals surface area (Å²) in [5.74, 6) is 0. The molecule has 0 radical (unpaired) electrons. The van der Waals surface area contributed by atoms with E-state index in [1.165, 1.54) is 75.2 Å². The molecule has 0 N–H and O–H groups in total. The van der Waals surface area contributed by atoms with Crippen molar-refractivity contribution >= 4 is 27.1 Å². The number of nitrogens with zero attached hydrogens (tertiary/aromatic N) is 1. The Labute approximate surface area is 349 Å². The minimum atomic E-state index is -1.67. The van der Waals surface area contributed by atoms with Gasteiger partial charge in [0.15, 0.2) is 0 Å². The van der Waals surface area contributed by atoms with E-state index in [2.05, 4.69) is 243 Å². The quantitative estimate of drug-likeness (QED) is 0.156. The fourth-order valence-corrected chi connectivity index (χ4v) is 13.9. The van der Waals surface area contributed by atoms with Crippen molar-refractivity contribution in [2.24, 2.45) is 0 Å². The molecule has 11 rings (SSSR count). The zero-order chi connectivity index (χ0) is 39.6. The molecule has 0 saturated carbocycles. The summed E-state index contributed by atoms with van der Waals surface area (Å²) in [6, 6.07) is 83.3. The van der Waals surface area contributed by atoms with Gasteiger partial charge in [0.05, 0.1) is 0 Å². The molecule has 0 saturated heterocycles. The number of hydrogen-bond acceptors (Lipinski definition) is 1. The summed E-state index contributed by atoms with van der Waals surface area (Å²) in [6.45, 7) is 4.71. The van der Waals surface area contributed by atoms with Gasteiger partial charge < -0.3 is 4.90 Å². The van der Waals surface area contributed by atoms with Crippen molar-refractivity contribution in [2.75, 3.05) is 4.90 Å². The average Bonchev–Trinajstić information content (AvgIpc) is 3.73. The first-order chi connectivity index (χ1) is 29.0. The lowest BCUT2D eigenvalue weighted by Crippen LogP contribution is -2.16. The van der Waals surface area contributed by atoms with Gasteiger partial charge in [-0.15, -0.1) is 10.0 Å². The zero-order valence-electron chi connectivity index (χ0n) is 33.2. The molecule has 1 aliphatic heterocycles. The van der Waals surface area contributed by atoms with Crippen LogP contribution in [0.1, 0.15) is 25.0 Å². The van der Waals surface area contributed by atoms with Crippen LogP contribution in [-0.4, -0.2) is 0 Å². The molecule has 9 aromatic rings. The normalized spacial score (nSPS) is 14.4. The standard InChI is InChI=1S/C57H43NS/c1-57(2)53-24-14-12-22-49(53)50-36-35-46(39-54(50)57)58(44-31-26-41(27-32-44)40-16-6-3-7-17-40)45-33-28-42(29-34-45)43-30-37-56-52(38-43)51-23-13-15-25-55(51)59(56,47-18-8-4-9-19-47)48-20-10-5-11-21-48/h3-39H,1-2H3. The second kappa shape index (κ2) is 13.9. The summed E-state index contributed by atoms with van der Waals surface area (Å²) in [6.07, 6.45) is 0. The molecule has 0 spiro atoms. The van der Waals surface area contributed by atoms with E-state index in [0.717, 1.165) is 17.1 Å². The Morgan fingerprint density at radius 3 is 1.42 bits per heavy atom. The molecule has 1 nitrogen and oxygen atoms in total. The first-order valence-corrected chi connectivity index (χ1v) is 22.1. The molecule has 9 aromatic carbocycles. The summed E-state index contributed by atoms with van der Waals surface area (Å²) in [5.41, 5.74) is 16.2. The maximum atomic E-state index is 2.43. The van der Waals surface area contributed by atoms with Gasteiger partial charge in [0.2, 0.25) is 0 Å². The Bertz CT molecular complexity index is 2950. The zero-order valence-corrected chi connectivity index (χ0v) is 34.0. The van der Waals surface area contributed by atoms with Gasteiger partial charge in [-0.3, -0.25) is 0 Å². The van der Waals surface area contributed by atoms with E-state index in [1.54, 1.807) is 0 Å². The molecule has 1 aliphatic carbocycles. The summed E-state index contributed by atoms with van der Waals surface area (Å²) in [5, 5.41) is 0. The summed E-state index contributed by atoms with van der Waals surface area (Å²) in [4.78, 5) is 7.96. The Hall–Kier alpha value is -6.87. The topological polar surface area (TPSA) is 3.24 Å². The summed E-state index contributed by atoms with van der Waals surface area (Å²) >= 11 is 0. The van der Waals surface area contributed by atoms with Crippen LogP contribution in [0.3, 0.4) is 0 Å². The van der Waals surface area contributed by atoms with Gasteiger partial charge in [0.25, 0.3) is 0 Å². The van der Waals surface area contributed by atoms with Gasteiger partial charge in [0, 0.05) is 42.1 Å². The van der Waals surface area contributed by atoms with E-state index in [1.807, 2.05) is 0 Å². The third kappa shape index (κ3) is 5.55. The highest BCUT2D eigenvalue weighted by Gasteiger charge is 2.42. The molecule has 0 bridgehead atoms. The van der Waals surface area contributed by atoms with Gasteiger partial charge in [-0.05, 0) is 134 Å². The van der Waals surface area contributed by atoms with Crippen molar-refractivity contribution in [3.8, 4) is 44.5 Å². The minimum Gasteiger partial charge on any atom is -0.310 e. The van der Waals surface area contributed by atoms with E-state index >= 15 is 0 Å². The van der Waals surface area contributed by atoms with Crippen LogP contribution in [0.25, 0.3) is 44.5 Å². The fourth-order valence-electron chi connectivity index (χ4n) is 9.67. The van der Waals surface area contributed by atoms with Gasteiger partial charge in [0.1, 0.15) is 0 Å². The molecule has 0 fully saturated rings. The molecular weight excluding hydrogens is 731 g/mol. The molecule has 0 amide bonds. The molecule has 1 heterocycles. The van der Waals surface area contributed by atoms with Crippen LogP contribution in [0.4, 0.5) is 17.1 Å². The van der Waals surface area contributed by atoms with E-state index < -0.39 is 10.0 Å². The Morgan fingerprint density at radius 2 is 0.780 bits per heavy atom. The van der Waals surface area contributed by atoms with Crippen molar-refractivity contribution in [1.29, 1.82) is 0 Å². The number of hydrogen-bond donors (Lipinski definition) is 0. The van der Waals surface area contributed by atoms with E-state index in [4.69, 9.17) is 0 Å². The Kier molecular flexibility index (Phi) is 8.32. The molecule has 59 heavy (non-hydrogen) atoms. The van der Waals surface area contributed by atoms with Crippen molar-refractivity contribution in [1.82, 2.24) is 0 Å². The van der Waals surface area contributed by atoms with Crippen molar-refractivity contribution in [2.45, 2.75) is 38.8 Å². The lowest BCUT2D eigenvalue weighted by molar-refractivity contribution is 0.660. The van der Waals surface area contributed by atoms with E-state index in [0.29, 0.717) is 0 Å². The van der Waals surface area contributed by atoms with E-state index in [-0.39, 0.29) is 5.41 Å². The highest BCUT2D eigenvalue weighted by atomic mass is 32.3. The van der Waals surface area contributed by atoms with Gasteiger partial charge in [-0.2, -0.15) is 0 Å². The molecule has 0 unspecified atom stereocenters. The van der Waals surface area contributed by atoms with Crippen molar-refractivity contribution in [3.05, 3.63) is 236 Å². The molecular formula is C57H43NS. The first-order valence-electron chi connectivity index (χ1n) is 20.5. The molecule has 2 aliphatic rings. The third-order valence-electron chi connectivity index (χ3n) is 12.5. The fraction of sp³-hybridized carbons (Fsp3) is 0.0526. The maximum Gasteiger partial charge on any atom is 0.0465 e. The van der Waals surface area contributed by atoms with Gasteiger partial charge >= 0.3 is 0 Å². The minimum absolute atomic E-state index is 0.0961. The van der Waals surface area contributed by atoms with E-state index in [9.17, 15) is 0 Å². The average molecular weight is 774 g/mol. The Morgan fingerprint density at radius 1 is 0.322 bits per heavy atom. The van der Waals surface area contributed by atoms with Crippen LogP contribution < -0.4 is 4.90 Å². The molecule has 282 valence electrons. The second-order valence-corrected chi connectivity index (χ2v) is 19.2. The van der Waals surface area contributed by atoms with Crippen LogP contribution in [0, 0.1) is 0 Å². The second-order valence-electron chi connectivity index (χ2n) is 16.1. The highest BCUT2D eigenvalue weighted by Crippen LogP contribution is 2.80. The SMILES string of the molecule is CC1(C)c2ccccc2-c2ccc(N(c3ccc(-c4ccccc4)cc3)c3ccc(-c4ccc5c(c4)-c4ccccc4S5(c4ccccc4)c4ccccc4)cc3)cc21. The third-order valence-corrected chi connectivity index (χ3v) is 16.5. The molecule has 0 atom stereocenters. The van der Waals surface area contributed by atoms with Crippen LogP contribution in [0.15, 0.2) is 244 Å². The number of anilines is 3. The largest absolute Gasteiger partial charge is 0.310 e. The summed E-state index contributed by atoms with van der Waals surface area (Å²) < 4.78 is 0. The number of rotatable bonds is 7. The lowest BCUT2D eigenvalue weighted by Gasteiger charge is -2.39. The monoisotopic (exact) mass is 773 g/mol. The van der Waals surface area contributed by atoms with Crippen LogP contribution in [-0.2, 0) is 5.41 Å². The predicted molar refractivity (Wildman–Crippen MR) is 249 cm³/mol. The smallest absolute Gasteiger partial charge is 0.0465 e. The van der Waals surface area contributed by atoms with Gasteiger partial charge in [-0.25, -0.2) is 0 Å². The highest BCUT2D eigenvalue weighted by molar-refractivity contribution is 8.34. The predicted octanol–water partition coefficient (Wildman–Crippen LogP) is 16.1. The Balaban J connectivity index is 1.02. The molecule has 0 aromatic heterocycles. The van der Waals surface area contributed by atoms with Crippen molar-refractivity contribution < 1.29 is 0 Å². The van der Waals surface area contributed by atoms with Crippen molar-refractivity contribution in [3.63, 3.8) is 0 Å². The summed E-state index contributed by atoms with van der Waals surface area (Å²) in [7, 11) is -1.67. The first kappa shape index (κ1) is 35.3.